The Bertz CT molecular complexity index is 502. The molecule has 6 heteroatoms. The summed E-state index contributed by atoms with van der Waals surface area (Å²) in [6, 6.07) is 5.43. The molecule has 1 unspecified atom stereocenters. The van der Waals surface area contributed by atoms with Gasteiger partial charge in [0.15, 0.2) is 9.84 Å². The smallest absolute Gasteiger partial charge is 0.152 e. The molecule has 1 rings (SSSR count). The van der Waals surface area contributed by atoms with Gasteiger partial charge in [0.25, 0.3) is 0 Å². The standard InChI is InChI=1S/C12H18BrNO3S/c1-4-18(15,16)8-9(2)14-10-5-6-12(17-3)11(13)7-10/h5-7,9,14H,4,8H2,1-3H3. The van der Waals surface area contributed by atoms with Gasteiger partial charge in [-0.05, 0) is 41.1 Å². The van der Waals surface area contributed by atoms with E-state index in [0.29, 0.717) is 0 Å². The van der Waals surface area contributed by atoms with Crippen molar-refractivity contribution in [2.45, 2.75) is 19.9 Å². The Morgan fingerprint density at radius 1 is 1.44 bits per heavy atom. The molecule has 0 aromatic heterocycles. The van der Waals surface area contributed by atoms with E-state index in [-0.39, 0.29) is 17.5 Å². The zero-order valence-corrected chi connectivity index (χ0v) is 13.1. The first-order chi connectivity index (χ1) is 8.38. The van der Waals surface area contributed by atoms with Crippen LogP contribution in [0.25, 0.3) is 0 Å². The normalized spacial score (nSPS) is 13.1. The molecule has 1 atom stereocenters. The average molecular weight is 336 g/mol. The van der Waals surface area contributed by atoms with Gasteiger partial charge < -0.3 is 10.1 Å². The van der Waals surface area contributed by atoms with Gasteiger partial charge in [-0.25, -0.2) is 8.42 Å². The van der Waals surface area contributed by atoms with Crippen molar-refractivity contribution >= 4 is 31.5 Å². The Balaban J connectivity index is 2.71. The zero-order chi connectivity index (χ0) is 13.8. The lowest BCUT2D eigenvalue weighted by Gasteiger charge is -2.15. The Kier molecular flexibility index (Phi) is 5.47. The van der Waals surface area contributed by atoms with Crippen molar-refractivity contribution in [3.63, 3.8) is 0 Å². The number of halogens is 1. The minimum absolute atomic E-state index is 0.129. The van der Waals surface area contributed by atoms with E-state index in [0.717, 1.165) is 15.9 Å². The van der Waals surface area contributed by atoms with Crippen molar-refractivity contribution in [2.24, 2.45) is 0 Å². The molecule has 0 aliphatic carbocycles. The van der Waals surface area contributed by atoms with E-state index in [2.05, 4.69) is 21.2 Å². The molecule has 1 N–H and O–H groups in total. The fourth-order valence-electron chi connectivity index (χ4n) is 1.58. The molecule has 0 saturated heterocycles. The number of rotatable bonds is 6. The lowest BCUT2D eigenvalue weighted by Crippen LogP contribution is -2.26. The van der Waals surface area contributed by atoms with Crippen molar-refractivity contribution in [2.75, 3.05) is 23.9 Å². The molecule has 0 fully saturated rings. The summed E-state index contributed by atoms with van der Waals surface area (Å²) in [4.78, 5) is 0. The predicted octanol–water partition coefficient (Wildman–Crippen LogP) is 2.69. The molecule has 1 aromatic carbocycles. The highest BCUT2D eigenvalue weighted by Gasteiger charge is 2.13. The summed E-state index contributed by atoms with van der Waals surface area (Å²) in [6.45, 7) is 3.51. The molecule has 4 nitrogen and oxygen atoms in total. The topological polar surface area (TPSA) is 55.4 Å². The molecule has 0 amide bonds. The maximum absolute atomic E-state index is 11.5. The Hall–Kier alpha value is -0.750. The van der Waals surface area contributed by atoms with Crippen LogP contribution in [0.4, 0.5) is 5.69 Å². The van der Waals surface area contributed by atoms with Gasteiger partial charge in [-0.15, -0.1) is 0 Å². The Labute approximate surface area is 117 Å². The van der Waals surface area contributed by atoms with Gasteiger partial charge in [-0.3, -0.25) is 0 Å². The molecule has 0 saturated carbocycles. The molecule has 0 radical (unpaired) electrons. The van der Waals surface area contributed by atoms with Crippen LogP contribution in [-0.2, 0) is 9.84 Å². The van der Waals surface area contributed by atoms with Gasteiger partial charge in [0.1, 0.15) is 5.75 Å². The highest BCUT2D eigenvalue weighted by atomic mass is 79.9. The van der Waals surface area contributed by atoms with Crippen molar-refractivity contribution in [3.8, 4) is 5.75 Å². The van der Waals surface area contributed by atoms with Crippen molar-refractivity contribution < 1.29 is 13.2 Å². The van der Waals surface area contributed by atoms with Crippen LogP contribution < -0.4 is 10.1 Å². The lowest BCUT2D eigenvalue weighted by atomic mass is 10.2. The average Bonchev–Trinajstić information content (AvgIpc) is 2.28. The summed E-state index contributed by atoms with van der Waals surface area (Å²) in [7, 11) is -1.36. The molecule has 102 valence electrons. The van der Waals surface area contributed by atoms with Crippen LogP contribution in [0.2, 0.25) is 0 Å². The van der Waals surface area contributed by atoms with Crippen molar-refractivity contribution in [1.82, 2.24) is 0 Å². The van der Waals surface area contributed by atoms with E-state index in [9.17, 15) is 8.42 Å². The van der Waals surface area contributed by atoms with E-state index in [1.54, 1.807) is 14.0 Å². The Morgan fingerprint density at radius 2 is 2.11 bits per heavy atom. The van der Waals surface area contributed by atoms with Crippen LogP contribution in [0.5, 0.6) is 5.75 Å². The molecule has 0 aliphatic heterocycles. The second-order valence-corrected chi connectivity index (χ2v) is 7.35. The van der Waals surface area contributed by atoms with Gasteiger partial charge >= 0.3 is 0 Å². The van der Waals surface area contributed by atoms with Gasteiger partial charge in [0, 0.05) is 17.5 Å². The van der Waals surface area contributed by atoms with Crippen LogP contribution >= 0.6 is 15.9 Å². The summed E-state index contributed by atoms with van der Waals surface area (Å²) in [6.07, 6.45) is 0. The third-order valence-corrected chi connectivity index (χ3v) is 5.02. The molecule has 0 aliphatic rings. The van der Waals surface area contributed by atoms with E-state index in [1.807, 2.05) is 25.1 Å². The van der Waals surface area contributed by atoms with Gasteiger partial charge in [-0.1, -0.05) is 6.92 Å². The number of ether oxygens (including phenoxy) is 1. The summed E-state index contributed by atoms with van der Waals surface area (Å²) in [5.41, 5.74) is 0.862. The van der Waals surface area contributed by atoms with Crippen LogP contribution in [0.1, 0.15) is 13.8 Å². The largest absolute Gasteiger partial charge is 0.496 e. The molecular formula is C12H18BrNO3S. The monoisotopic (exact) mass is 335 g/mol. The quantitative estimate of drug-likeness (QED) is 0.868. The fraction of sp³-hybridized carbons (Fsp3) is 0.500. The van der Waals surface area contributed by atoms with E-state index in [4.69, 9.17) is 4.74 Å². The fourth-order valence-corrected chi connectivity index (χ4v) is 3.20. The number of benzene rings is 1. The van der Waals surface area contributed by atoms with E-state index >= 15 is 0 Å². The first-order valence-electron chi connectivity index (χ1n) is 5.68. The maximum atomic E-state index is 11.5. The minimum atomic E-state index is -2.96. The molecule has 0 bridgehead atoms. The summed E-state index contributed by atoms with van der Waals surface area (Å²) in [5.74, 6) is 1.05. The first kappa shape index (κ1) is 15.3. The van der Waals surface area contributed by atoms with E-state index < -0.39 is 9.84 Å². The zero-order valence-electron chi connectivity index (χ0n) is 10.7. The highest BCUT2D eigenvalue weighted by Crippen LogP contribution is 2.27. The predicted molar refractivity (Wildman–Crippen MR) is 78.1 cm³/mol. The number of anilines is 1. The Morgan fingerprint density at radius 3 is 2.61 bits per heavy atom. The number of hydrogen-bond acceptors (Lipinski definition) is 4. The van der Waals surface area contributed by atoms with Gasteiger partial charge in [0.05, 0.1) is 17.3 Å². The molecule has 0 spiro atoms. The van der Waals surface area contributed by atoms with Crippen LogP contribution in [-0.4, -0.2) is 33.1 Å². The van der Waals surface area contributed by atoms with Crippen molar-refractivity contribution in [3.05, 3.63) is 22.7 Å². The third kappa shape index (κ3) is 4.49. The second-order valence-electron chi connectivity index (χ2n) is 4.09. The molecule has 1 aromatic rings. The second kappa shape index (κ2) is 6.43. The SMILES string of the molecule is CCS(=O)(=O)CC(C)Nc1ccc(OC)c(Br)c1. The highest BCUT2D eigenvalue weighted by molar-refractivity contribution is 9.10. The maximum Gasteiger partial charge on any atom is 0.152 e. The number of methoxy groups -OCH3 is 1. The van der Waals surface area contributed by atoms with Gasteiger partial charge in [-0.2, -0.15) is 0 Å². The van der Waals surface area contributed by atoms with Crippen LogP contribution in [0, 0.1) is 0 Å². The summed E-state index contributed by atoms with van der Waals surface area (Å²) >= 11 is 3.39. The summed E-state index contributed by atoms with van der Waals surface area (Å²) < 4.78 is 29.0. The van der Waals surface area contributed by atoms with Gasteiger partial charge in [0.2, 0.25) is 0 Å². The number of nitrogens with one attached hydrogen (secondary N) is 1. The molecular weight excluding hydrogens is 318 g/mol. The van der Waals surface area contributed by atoms with Crippen LogP contribution in [0.15, 0.2) is 22.7 Å². The third-order valence-electron chi connectivity index (χ3n) is 2.51. The lowest BCUT2D eigenvalue weighted by molar-refractivity contribution is 0.412. The minimum Gasteiger partial charge on any atom is -0.496 e. The molecule has 18 heavy (non-hydrogen) atoms. The van der Waals surface area contributed by atoms with E-state index in [1.165, 1.54) is 0 Å². The first-order valence-corrected chi connectivity index (χ1v) is 8.30. The number of hydrogen-bond donors (Lipinski definition) is 1. The number of sulfone groups is 1. The molecule has 0 heterocycles. The van der Waals surface area contributed by atoms with Crippen molar-refractivity contribution in [1.29, 1.82) is 0 Å². The van der Waals surface area contributed by atoms with Crippen LogP contribution in [0.3, 0.4) is 0 Å². The summed E-state index contributed by atoms with van der Waals surface area (Å²) in [5, 5.41) is 3.16.